The van der Waals surface area contributed by atoms with Gasteiger partial charge >= 0.3 is 0 Å². The van der Waals surface area contributed by atoms with E-state index in [1.807, 2.05) is 0 Å². The molecule has 2 rings (SSSR count). The molecule has 19 heavy (non-hydrogen) atoms. The maximum absolute atomic E-state index is 9.80. The van der Waals surface area contributed by atoms with Gasteiger partial charge in [-0.15, -0.1) is 0 Å². The Morgan fingerprint density at radius 2 is 2.16 bits per heavy atom. The van der Waals surface area contributed by atoms with Gasteiger partial charge in [-0.3, -0.25) is 4.99 Å². The summed E-state index contributed by atoms with van der Waals surface area (Å²) in [6.45, 7) is 5.33. The van der Waals surface area contributed by atoms with E-state index in [1.165, 1.54) is 0 Å². The first-order chi connectivity index (χ1) is 9.29. The molecule has 3 atom stereocenters. The monoisotopic (exact) mass is 269 g/mol. The smallest absolute Gasteiger partial charge is 0.191 e. The normalized spacial score (nSPS) is 31.7. The maximum atomic E-state index is 9.80. The van der Waals surface area contributed by atoms with Crippen LogP contribution in [-0.2, 0) is 4.74 Å². The number of guanidine groups is 1. The van der Waals surface area contributed by atoms with Crippen LogP contribution in [0.5, 0.6) is 0 Å². The Morgan fingerprint density at radius 3 is 2.79 bits per heavy atom. The second-order valence-electron chi connectivity index (χ2n) is 5.49. The van der Waals surface area contributed by atoms with Crippen molar-refractivity contribution >= 4 is 5.96 Å². The van der Waals surface area contributed by atoms with Crippen LogP contribution in [0.4, 0.5) is 0 Å². The second-order valence-corrected chi connectivity index (χ2v) is 5.49. The minimum absolute atomic E-state index is 0.162. The summed E-state index contributed by atoms with van der Waals surface area (Å²) in [5, 5.41) is 16.4. The SMILES string of the molecule is CCNC(=NCC1CCCC1O)NCC1CCCO1. The standard InChI is InChI=1S/C14H27N3O2/c1-2-15-14(17-10-12-6-4-8-19-12)16-9-11-5-3-7-13(11)18/h11-13,18H,2-10H2,1H3,(H2,15,16,17). The van der Waals surface area contributed by atoms with E-state index in [0.717, 1.165) is 57.8 Å². The van der Waals surface area contributed by atoms with Crippen LogP contribution >= 0.6 is 0 Å². The Morgan fingerprint density at radius 1 is 1.26 bits per heavy atom. The van der Waals surface area contributed by atoms with E-state index >= 15 is 0 Å². The number of nitrogens with zero attached hydrogens (tertiary/aromatic N) is 1. The summed E-state index contributed by atoms with van der Waals surface area (Å²) in [5.41, 5.74) is 0. The lowest BCUT2D eigenvalue weighted by Crippen LogP contribution is -2.41. The molecule has 2 fully saturated rings. The average Bonchev–Trinajstić information content (AvgIpc) is 3.04. The highest BCUT2D eigenvalue weighted by Crippen LogP contribution is 2.25. The van der Waals surface area contributed by atoms with Crippen molar-refractivity contribution in [3.63, 3.8) is 0 Å². The van der Waals surface area contributed by atoms with Crippen molar-refractivity contribution in [2.45, 2.75) is 51.2 Å². The van der Waals surface area contributed by atoms with E-state index in [2.05, 4.69) is 22.5 Å². The predicted octanol–water partition coefficient (Wildman–Crippen LogP) is 0.881. The van der Waals surface area contributed by atoms with Crippen molar-refractivity contribution < 1.29 is 9.84 Å². The number of hydrogen-bond acceptors (Lipinski definition) is 3. The molecule has 1 heterocycles. The van der Waals surface area contributed by atoms with Gasteiger partial charge in [0.15, 0.2) is 5.96 Å². The summed E-state index contributed by atoms with van der Waals surface area (Å²) < 4.78 is 5.59. The maximum Gasteiger partial charge on any atom is 0.191 e. The van der Waals surface area contributed by atoms with Crippen molar-refractivity contribution in [2.75, 3.05) is 26.2 Å². The van der Waals surface area contributed by atoms with Gasteiger partial charge in [-0.05, 0) is 32.6 Å². The lowest BCUT2D eigenvalue weighted by atomic mass is 10.1. The van der Waals surface area contributed by atoms with Crippen LogP contribution in [0.15, 0.2) is 4.99 Å². The Balaban J connectivity index is 1.76. The van der Waals surface area contributed by atoms with Crippen LogP contribution in [0.1, 0.15) is 39.0 Å². The molecule has 110 valence electrons. The van der Waals surface area contributed by atoms with E-state index < -0.39 is 0 Å². The zero-order chi connectivity index (χ0) is 13.5. The van der Waals surface area contributed by atoms with E-state index in [4.69, 9.17) is 4.74 Å². The summed E-state index contributed by atoms with van der Waals surface area (Å²) in [6.07, 6.45) is 5.60. The first-order valence-corrected chi connectivity index (χ1v) is 7.61. The molecular formula is C14H27N3O2. The number of aliphatic hydroxyl groups is 1. The highest BCUT2D eigenvalue weighted by atomic mass is 16.5. The highest BCUT2D eigenvalue weighted by Gasteiger charge is 2.24. The molecular weight excluding hydrogens is 242 g/mol. The van der Waals surface area contributed by atoms with E-state index in [9.17, 15) is 5.11 Å². The third-order valence-corrected chi connectivity index (χ3v) is 3.97. The number of ether oxygens (including phenoxy) is 1. The molecule has 0 aromatic carbocycles. The Hall–Kier alpha value is -0.810. The molecule has 0 aromatic heterocycles. The van der Waals surface area contributed by atoms with Crippen molar-refractivity contribution in [3.05, 3.63) is 0 Å². The quantitative estimate of drug-likeness (QED) is 0.512. The fourth-order valence-corrected chi connectivity index (χ4v) is 2.80. The van der Waals surface area contributed by atoms with Gasteiger partial charge in [0.2, 0.25) is 0 Å². The van der Waals surface area contributed by atoms with E-state index in [-0.39, 0.29) is 6.10 Å². The van der Waals surface area contributed by atoms with Crippen LogP contribution in [-0.4, -0.2) is 49.5 Å². The molecule has 1 saturated carbocycles. The molecule has 1 saturated heterocycles. The lowest BCUT2D eigenvalue weighted by molar-refractivity contribution is 0.113. The van der Waals surface area contributed by atoms with Gasteiger partial charge < -0.3 is 20.5 Å². The summed E-state index contributed by atoms with van der Waals surface area (Å²) in [4.78, 5) is 4.59. The second kappa shape index (κ2) is 7.70. The number of rotatable bonds is 5. The molecule has 0 aromatic rings. The van der Waals surface area contributed by atoms with Crippen LogP contribution in [0.2, 0.25) is 0 Å². The van der Waals surface area contributed by atoms with E-state index in [1.54, 1.807) is 0 Å². The van der Waals surface area contributed by atoms with Gasteiger partial charge in [0.25, 0.3) is 0 Å². The zero-order valence-corrected chi connectivity index (χ0v) is 11.9. The van der Waals surface area contributed by atoms with Gasteiger partial charge in [0, 0.05) is 32.2 Å². The molecule has 1 aliphatic carbocycles. The predicted molar refractivity (Wildman–Crippen MR) is 76.3 cm³/mol. The van der Waals surface area contributed by atoms with Crippen LogP contribution in [0.3, 0.4) is 0 Å². The van der Waals surface area contributed by atoms with Crippen molar-refractivity contribution in [1.29, 1.82) is 0 Å². The molecule has 2 aliphatic rings. The number of aliphatic hydroxyl groups excluding tert-OH is 1. The highest BCUT2D eigenvalue weighted by molar-refractivity contribution is 5.79. The summed E-state index contributed by atoms with van der Waals surface area (Å²) in [7, 11) is 0. The Kier molecular flexibility index (Phi) is 5.92. The largest absolute Gasteiger partial charge is 0.393 e. The minimum Gasteiger partial charge on any atom is -0.393 e. The van der Waals surface area contributed by atoms with Gasteiger partial charge in [-0.25, -0.2) is 0 Å². The van der Waals surface area contributed by atoms with Crippen molar-refractivity contribution in [1.82, 2.24) is 10.6 Å². The molecule has 0 amide bonds. The van der Waals surface area contributed by atoms with Gasteiger partial charge in [-0.1, -0.05) is 6.42 Å². The number of aliphatic imine (C=N–C) groups is 1. The van der Waals surface area contributed by atoms with Crippen molar-refractivity contribution in [3.8, 4) is 0 Å². The molecule has 3 N–H and O–H groups in total. The first-order valence-electron chi connectivity index (χ1n) is 7.61. The van der Waals surface area contributed by atoms with Crippen molar-refractivity contribution in [2.24, 2.45) is 10.9 Å². The topological polar surface area (TPSA) is 65.9 Å². The third-order valence-electron chi connectivity index (χ3n) is 3.97. The summed E-state index contributed by atoms with van der Waals surface area (Å²) in [6, 6.07) is 0. The lowest BCUT2D eigenvalue weighted by Gasteiger charge is -2.16. The van der Waals surface area contributed by atoms with E-state index in [0.29, 0.717) is 18.6 Å². The Labute approximate surface area is 115 Å². The minimum atomic E-state index is -0.162. The van der Waals surface area contributed by atoms with Crippen LogP contribution < -0.4 is 10.6 Å². The van der Waals surface area contributed by atoms with Gasteiger partial charge in [0.05, 0.1) is 12.2 Å². The summed E-state index contributed by atoms with van der Waals surface area (Å²) in [5.74, 6) is 1.18. The molecule has 1 aliphatic heterocycles. The summed E-state index contributed by atoms with van der Waals surface area (Å²) >= 11 is 0. The van der Waals surface area contributed by atoms with Crippen LogP contribution in [0.25, 0.3) is 0 Å². The molecule has 0 spiro atoms. The molecule has 5 heteroatoms. The van der Waals surface area contributed by atoms with Gasteiger partial charge in [0.1, 0.15) is 0 Å². The van der Waals surface area contributed by atoms with Gasteiger partial charge in [-0.2, -0.15) is 0 Å². The number of hydrogen-bond donors (Lipinski definition) is 3. The first kappa shape index (κ1) is 14.6. The average molecular weight is 269 g/mol. The zero-order valence-electron chi connectivity index (χ0n) is 11.9. The Bertz CT molecular complexity index is 290. The fourth-order valence-electron chi connectivity index (χ4n) is 2.80. The third kappa shape index (κ3) is 4.66. The molecule has 0 radical (unpaired) electrons. The number of nitrogens with one attached hydrogen (secondary N) is 2. The molecule has 5 nitrogen and oxygen atoms in total. The molecule has 0 bridgehead atoms. The van der Waals surface area contributed by atoms with Crippen LogP contribution in [0, 0.1) is 5.92 Å². The molecule has 3 unspecified atom stereocenters. The fraction of sp³-hybridized carbons (Fsp3) is 0.929.